The molecule has 0 spiro atoms. The fourth-order valence-electron chi connectivity index (χ4n) is 0.463. The molecule has 0 heterocycles. The largest absolute Gasteiger partial charge is 0.367 e. The van der Waals surface area contributed by atoms with E-state index in [1.165, 1.54) is 0 Å². The molecule has 0 aliphatic heterocycles. The molecule has 0 aromatic heterocycles. The molecule has 0 bridgehead atoms. The van der Waals surface area contributed by atoms with Crippen LogP contribution in [0.15, 0.2) is 4.99 Å². The Labute approximate surface area is 66.5 Å². The molecule has 0 saturated carbocycles. The van der Waals surface area contributed by atoms with Gasteiger partial charge in [0.25, 0.3) is 0 Å². The van der Waals surface area contributed by atoms with Crippen LogP contribution in [0.25, 0.3) is 0 Å². The monoisotopic (exact) mass is 158 g/mol. The molecule has 0 atom stereocenters. The number of nitrogens with zero attached hydrogens (tertiary/aromatic N) is 2. The molecular weight excluding hydrogens is 144 g/mol. The van der Waals surface area contributed by atoms with E-state index in [-0.39, 0.29) is 6.04 Å². The summed E-state index contributed by atoms with van der Waals surface area (Å²) in [4.78, 5) is 14.4. The molecule has 64 valence electrons. The highest BCUT2D eigenvalue weighted by atomic mass is 16.5. The molecule has 0 unspecified atom stereocenters. The van der Waals surface area contributed by atoms with Crippen LogP contribution >= 0.6 is 0 Å². The third-order valence-electron chi connectivity index (χ3n) is 1.00. The second-order valence-electron chi connectivity index (χ2n) is 2.78. The first-order chi connectivity index (χ1) is 4.95. The highest BCUT2D eigenvalue weighted by Gasteiger charge is 2.11. The molecule has 0 aromatic carbocycles. The summed E-state index contributed by atoms with van der Waals surface area (Å²) in [5.41, 5.74) is 0.634. The van der Waals surface area contributed by atoms with Crippen LogP contribution in [-0.4, -0.2) is 28.1 Å². The van der Waals surface area contributed by atoms with Crippen molar-refractivity contribution >= 4 is 11.7 Å². The predicted octanol–water partition coefficient (Wildman–Crippen LogP) is 1.69. The Kier molecular flexibility index (Phi) is 3.74. The second kappa shape index (κ2) is 4.08. The van der Waals surface area contributed by atoms with Gasteiger partial charge in [-0.1, -0.05) is 0 Å². The highest BCUT2D eigenvalue weighted by molar-refractivity contribution is 5.91. The van der Waals surface area contributed by atoms with Crippen molar-refractivity contribution in [3.8, 4) is 0 Å². The second-order valence-corrected chi connectivity index (χ2v) is 2.78. The first-order valence-electron chi connectivity index (χ1n) is 3.49. The van der Waals surface area contributed by atoms with Crippen molar-refractivity contribution in [1.82, 2.24) is 5.06 Å². The van der Waals surface area contributed by atoms with Crippen LogP contribution in [0.5, 0.6) is 0 Å². The van der Waals surface area contributed by atoms with Crippen molar-refractivity contribution in [2.75, 3.05) is 0 Å². The zero-order valence-electron chi connectivity index (χ0n) is 7.33. The normalized spacial score (nSPS) is 9.64. The highest BCUT2D eigenvalue weighted by Crippen LogP contribution is 1.96. The first kappa shape index (κ1) is 10.1. The van der Waals surface area contributed by atoms with Crippen LogP contribution in [0.1, 0.15) is 27.7 Å². The third kappa shape index (κ3) is 3.72. The number of aliphatic imine (C=N–C) groups is 1. The molecule has 0 saturated heterocycles. The van der Waals surface area contributed by atoms with Gasteiger partial charge in [0, 0.05) is 5.71 Å². The van der Waals surface area contributed by atoms with E-state index >= 15 is 0 Å². The Balaban J connectivity index is 4.15. The van der Waals surface area contributed by atoms with Gasteiger partial charge >= 0.3 is 6.03 Å². The van der Waals surface area contributed by atoms with Crippen LogP contribution in [-0.2, 0) is 0 Å². The van der Waals surface area contributed by atoms with E-state index in [9.17, 15) is 4.79 Å². The maximum atomic E-state index is 10.9. The molecular formula is C7H14N2O2. The summed E-state index contributed by atoms with van der Waals surface area (Å²) >= 11 is 0. The molecule has 1 N–H and O–H groups in total. The maximum Gasteiger partial charge on any atom is 0.367 e. The predicted molar refractivity (Wildman–Crippen MR) is 42.9 cm³/mol. The molecule has 0 aliphatic rings. The van der Waals surface area contributed by atoms with E-state index in [1.54, 1.807) is 27.7 Å². The standard InChI is InChI=1S/C7H14N2O2/c1-5(2)8-7(10)9(11)6(3)4/h6,11H,1-4H3. The Bertz CT molecular complexity index is 171. The number of urea groups is 1. The van der Waals surface area contributed by atoms with E-state index in [2.05, 4.69) is 4.99 Å². The molecule has 11 heavy (non-hydrogen) atoms. The summed E-state index contributed by atoms with van der Waals surface area (Å²) in [6.45, 7) is 6.81. The fourth-order valence-corrected chi connectivity index (χ4v) is 0.463. The van der Waals surface area contributed by atoms with Gasteiger partial charge < -0.3 is 0 Å². The lowest BCUT2D eigenvalue weighted by atomic mass is 10.4. The minimum atomic E-state index is -0.611. The lowest BCUT2D eigenvalue weighted by molar-refractivity contribution is -0.0639. The van der Waals surface area contributed by atoms with Gasteiger partial charge in [0.05, 0.1) is 6.04 Å². The van der Waals surface area contributed by atoms with Crippen molar-refractivity contribution in [2.24, 2.45) is 4.99 Å². The van der Waals surface area contributed by atoms with Gasteiger partial charge in [0.1, 0.15) is 0 Å². The van der Waals surface area contributed by atoms with Gasteiger partial charge in [-0.15, -0.1) is 0 Å². The van der Waals surface area contributed by atoms with E-state index in [4.69, 9.17) is 5.21 Å². The number of rotatable bonds is 1. The Hall–Kier alpha value is -0.900. The van der Waals surface area contributed by atoms with Crippen LogP contribution in [0, 0.1) is 0 Å². The van der Waals surface area contributed by atoms with Crippen LogP contribution in [0.2, 0.25) is 0 Å². The first-order valence-corrected chi connectivity index (χ1v) is 3.49. The zero-order chi connectivity index (χ0) is 9.02. The Morgan fingerprint density at radius 3 is 2.18 bits per heavy atom. The number of hydrogen-bond donors (Lipinski definition) is 1. The summed E-state index contributed by atoms with van der Waals surface area (Å²) in [6.07, 6.45) is 0. The zero-order valence-corrected chi connectivity index (χ0v) is 7.33. The summed E-state index contributed by atoms with van der Waals surface area (Å²) in [6, 6.07) is -0.842. The topological polar surface area (TPSA) is 52.9 Å². The number of carbonyl (C=O) groups excluding carboxylic acids is 1. The van der Waals surface area contributed by atoms with Crippen molar-refractivity contribution in [3.63, 3.8) is 0 Å². The Morgan fingerprint density at radius 2 is 1.91 bits per heavy atom. The lowest BCUT2D eigenvalue weighted by Gasteiger charge is -2.15. The molecule has 0 rings (SSSR count). The van der Waals surface area contributed by atoms with Gasteiger partial charge in [-0.3, -0.25) is 5.21 Å². The summed E-state index contributed by atoms with van der Waals surface area (Å²) < 4.78 is 0. The molecule has 0 radical (unpaired) electrons. The van der Waals surface area contributed by atoms with Crippen molar-refractivity contribution in [3.05, 3.63) is 0 Å². The van der Waals surface area contributed by atoms with Gasteiger partial charge in [-0.2, -0.15) is 0 Å². The molecule has 2 amide bonds. The summed E-state index contributed by atoms with van der Waals surface area (Å²) in [7, 11) is 0. The van der Waals surface area contributed by atoms with Crippen LogP contribution in [0.4, 0.5) is 4.79 Å². The minimum Gasteiger partial charge on any atom is -0.284 e. The van der Waals surface area contributed by atoms with Crippen molar-refractivity contribution in [2.45, 2.75) is 33.7 Å². The third-order valence-corrected chi connectivity index (χ3v) is 1.00. The lowest BCUT2D eigenvalue weighted by Crippen LogP contribution is -2.31. The number of hydrogen-bond acceptors (Lipinski definition) is 2. The van der Waals surface area contributed by atoms with Crippen LogP contribution in [0.3, 0.4) is 0 Å². The number of hydroxylamine groups is 2. The fraction of sp³-hybridized carbons (Fsp3) is 0.714. The van der Waals surface area contributed by atoms with E-state index in [0.29, 0.717) is 10.8 Å². The summed E-state index contributed by atoms with van der Waals surface area (Å²) in [5, 5.41) is 9.62. The minimum absolute atomic E-state index is 0.231. The quantitative estimate of drug-likeness (QED) is 0.358. The molecule has 4 nitrogen and oxygen atoms in total. The molecule has 0 fully saturated rings. The molecule has 0 aliphatic carbocycles. The summed E-state index contributed by atoms with van der Waals surface area (Å²) in [5.74, 6) is 0. The van der Waals surface area contributed by atoms with Gasteiger partial charge in [0.15, 0.2) is 0 Å². The van der Waals surface area contributed by atoms with Crippen molar-refractivity contribution in [1.29, 1.82) is 0 Å². The average Bonchev–Trinajstić information content (AvgIpc) is 1.84. The maximum absolute atomic E-state index is 10.9. The van der Waals surface area contributed by atoms with Gasteiger partial charge in [-0.05, 0) is 27.7 Å². The average molecular weight is 158 g/mol. The SMILES string of the molecule is CC(C)=NC(=O)N(O)C(C)C. The van der Waals surface area contributed by atoms with E-state index < -0.39 is 6.03 Å². The number of carbonyl (C=O) groups is 1. The van der Waals surface area contributed by atoms with Crippen LogP contribution < -0.4 is 0 Å². The van der Waals surface area contributed by atoms with E-state index in [0.717, 1.165) is 0 Å². The Morgan fingerprint density at radius 1 is 1.45 bits per heavy atom. The van der Waals surface area contributed by atoms with Gasteiger partial charge in [0.2, 0.25) is 0 Å². The molecule has 0 aromatic rings. The smallest absolute Gasteiger partial charge is 0.284 e. The number of amides is 2. The molecule has 4 heteroatoms. The van der Waals surface area contributed by atoms with E-state index in [1.807, 2.05) is 0 Å². The van der Waals surface area contributed by atoms with Crippen molar-refractivity contribution < 1.29 is 10.0 Å². The van der Waals surface area contributed by atoms with Gasteiger partial charge in [-0.25, -0.2) is 14.9 Å².